The highest BCUT2D eigenvalue weighted by atomic mass is 32.2. The second-order valence-electron chi connectivity index (χ2n) is 22.0. The average molecular weight is 1380 g/mol. The number of unbranched alkanes of at least 4 members (excludes halogenated alkanes) is 16. The van der Waals surface area contributed by atoms with Gasteiger partial charge >= 0.3 is 0 Å². The molecule has 15 nitrogen and oxygen atoms in total. The van der Waals surface area contributed by atoms with Crippen molar-refractivity contribution in [1.29, 1.82) is 0 Å². The highest BCUT2D eigenvalue weighted by Gasteiger charge is 2.28. The van der Waals surface area contributed by atoms with Gasteiger partial charge in [-0.25, -0.2) is 9.97 Å². The molecule has 0 spiro atoms. The SMILES string of the molecule is OCCCCCCCCCCCSC1=C(SCCCCCCCCCCCO)c2cc3[nH]c(cc4[nH]c(cc5nc(cc1n2)C1=C5SCCOCCOCCOCCS1)c1c4SCCOCCOCCOCCS1)c1c3SCCOCCOCCOCCS1. The minimum atomic E-state index is 0.295. The summed E-state index contributed by atoms with van der Waals surface area (Å²) in [6, 6.07) is 9.29. The third-order valence-corrected chi connectivity index (χ3v) is 24.4. The molecule has 0 saturated carbocycles. The van der Waals surface area contributed by atoms with Crippen LogP contribution in [0.1, 0.15) is 138 Å². The van der Waals surface area contributed by atoms with E-state index in [1.807, 2.05) is 94.1 Å². The fraction of sp³-hybridized carbons (Fsp3) is 0.697. The molecule has 0 radical (unpaired) electrons. The molecule has 5 aliphatic rings. The lowest BCUT2D eigenvalue weighted by molar-refractivity contribution is 0.0205. The van der Waals surface area contributed by atoms with Crippen LogP contribution in [0.15, 0.2) is 43.8 Å². The van der Waals surface area contributed by atoms with E-state index in [0.717, 1.165) is 139 Å². The topological polar surface area (TPSA) is 181 Å². The van der Waals surface area contributed by atoms with Crippen LogP contribution in [0, 0.1) is 0 Å². The van der Waals surface area contributed by atoms with E-state index in [2.05, 4.69) is 34.2 Å². The van der Waals surface area contributed by atoms with Gasteiger partial charge in [0.15, 0.2) is 0 Å². The van der Waals surface area contributed by atoms with Crippen LogP contribution in [0.25, 0.3) is 41.7 Å². The predicted octanol–water partition coefficient (Wildman–Crippen LogP) is 15.5. The second kappa shape index (κ2) is 46.2. The van der Waals surface area contributed by atoms with Crippen LogP contribution in [-0.4, -0.2) is 208 Å². The summed E-state index contributed by atoms with van der Waals surface area (Å²) in [5.41, 5.74) is 7.94. The maximum Gasteiger partial charge on any atom is 0.0807 e. The van der Waals surface area contributed by atoms with Crippen LogP contribution in [-0.2, 0) is 42.6 Å². The Balaban J connectivity index is 1.29. The maximum absolute atomic E-state index is 9.28. The van der Waals surface area contributed by atoms with Gasteiger partial charge in [0.05, 0.1) is 164 Å². The minimum absolute atomic E-state index is 0.295. The summed E-state index contributed by atoms with van der Waals surface area (Å²) in [6.45, 7) is 10.6. The van der Waals surface area contributed by atoms with E-state index in [4.69, 9.17) is 52.6 Å². The first-order valence-electron chi connectivity index (χ1n) is 33.0. The number of nitrogens with zero attached hydrogens (tertiary/aromatic N) is 2. The van der Waals surface area contributed by atoms with Crippen molar-refractivity contribution in [2.45, 2.75) is 135 Å². The molecule has 3 aromatic rings. The number of ether oxygens (including phenoxy) is 9. The van der Waals surface area contributed by atoms with Crippen molar-refractivity contribution in [2.24, 2.45) is 0 Å². The van der Waals surface area contributed by atoms with E-state index in [9.17, 15) is 10.2 Å². The van der Waals surface area contributed by atoms with Crippen LogP contribution in [0.4, 0.5) is 0 Å². The lowest BCUT2D eigenvalue weighted by atomic mass is 10.1. The average Bonchev–Trinajstić information content (AvgIpc) is 2.27. The Morgan fingerprint density at radius 1 is 0.303 bits per heavy atom. The summed E-state index contributed by atoms with van der Waals surface area (Å²) < 4.78 is 54.6. The Labute approximate surface area is 564 Å². The van der Waals surface area contributed by atoms with Gasteiger partial charge in [0, 0.05) is 86.9 Å². The smallest absolute Gasteiger partial charge is 0.0807 e. The first-order chi connectivity index (χ1) is 44.2. The van der Waals surface area contributed by atoms with Crippen molar-refractivity contribution in [1.82, 2.24) is 19.9 Å². The molecule has 0 atom stereocenters. The molecule has 5 aliphatic heterocycles. The van der Waals surface area contributed by atoms with Gasteiger partial charge in [-0.1, -0.05) is 89.9 Å². The van der Waals surface area contributed by atoms with E-state index in [-0.39, 0.29) is 0 Å². The fourth-order valence-electron chi connectivity index (χ4n) is 10.5. The summed E-state index contributed by atoms with van der Waals surface area (Å²) in [6.07, 6.45) is 21.1. The molecule has 0 saturated heterocycles. The highest BCUT2D eigenvalue weighted by molar-refractivity contribution is 8.14. The van der Waals surface area contributed by atoms with Gasteiger partial charge in [0.2, 0.25) is 0 Å². The number of hydrogen-bond acceptors (Lipinski definition) is 21. The number of thioether (sulfide) groups is 8. The Bertz CT molecular complexity index is 2720. The van der Waals surface area contributed by atoms with Crippen molar-refractivity contribution in [3.05, 3.63) is 47.0 Å². The third kappa shape index (κ3) is 26.8. The predicted molar refractivity (Wildman–Crippen MR) is 382 cm³/mol. The van der Waals surface area contributed by atoms with Gasteiger partial charge in [0.1, 0.15) is 0 Å². The highest BCUT2D eigenvalue weighted by Crippen LogP contribution is 2.50. The molecule has 8 heterocycles. The Morgan fingerprint density at radius 2 is 0.562 bits per heavy atom. The van der Waals surface area contributed by atoms with E-state index < -0.39 is 0 Å². The van der Waals surface area contributed by atoms with Crippen LogP contribution < -0.4 is 0 Å². The minimum Gasteiger partial charge on any atom is -0.396 e. The third-order valence-electron chi connectivity index (χ3n) is 15.1. The number of aliphatic hydroxyl groups excluding tert-OH is 2. The number of nitrogens with one attached hydrogen (secondary N) is 2. The lowest BCUT2D eigenvalue weighted by Gasteiger charge is -2.10. The van der Waals surface area contributed by atoms with Crippen molar-refractivity contribution in [3.8, 4) is 0 Å². The molecule has 0 aliphatic carbocycles. The number of hydrogen-bond donors (Lipinski definition) is 4. The van der Waals surface area contributed by atoms with Gasteiger partial charge in [-0.3, -0.25) is 0 Å². The number of aromatic nitrogens is 4. The quantitative estimate of drug-likeness (QED) is 0.0621. The zero-order chi connectivity index (χ0) is 61.4. The van der Waals surface area contributed by atoms with Gasteiger partial charge in [-0.05, 0) is 61.5 Å². The lowest BCUT2D eigenvalue weighted by Crippen LogP contribution is -2.11. The molecule has 89 heavy (non-hydrogen) atoms. The molecule has 498 valence electrons. The van der Waals surface area contributed by atoms with E-state index >= 15 is 0 Å². The molecule has 0 amide bonds. The maximum atomic E-state index is 9.28. The summed E-state index contributed by atoms with van der Waals surface area (Å²) in [4.78, 5) is 29.2. The molecule has 8 bridgehead atoms. The Kier molecular flexibility index (Phi) is 38.3. The standard InChI is InChI=1S/C66H100N4O11S8/c71-19-15-11-7-3-1-5-9-13-17-39-82-59-51-47-53-61-63(86-43-35-78-29-23-73-21-27-76-33-41-84-61)55(68-53)49-57-65-66(89-46-38-81-32-26-75-25-31-80-37-45-88-65)58(70-57)50-56-64-62(85-42-34-77-28-22-74-24-30-79-36-44-87-64)54(69-56)48-52(67-51)60(59)83-40-18-14-10-6-2-4-8-12-16-20-72/h47-50,68,70-72H,1-46H2. The van der Waals surface area contributed by atoms with Gasteiger partial charge in [-0.2, -0.15) is 0 Å². The van der Waals surface area contributed by atoms with E-state index in [1.165, 1.54) is 106 Å². The van der Waals surface area contributed by atoms with Crippen molar-refractivity contribution >= 4 is 136 Å². The van der Waals surface area contributed by atoms with Crippen LogP contribution >= 0.6 is 94.1 Å². The van der Waals surface area contributed by atoms with Crippen molar-refractivity contribution in [2.75, 3.05) is 178 Å². The largest absolute Gasteiger partial charge is 0.396 e. The number of rotatable bonds is 24. The molecule has 3 aromatic heterocycles. The first-order valence-corrected chi connectivity index (χ1v) is 40.9. The Morgan fingerprint density at radius 3 is 0.910 bits per heavy atom. The van der Waals surface area contributed by atoms with Crippen molar-refractivity contribution in [3.63, 3.8) is 0 Å². The molecule has 8 rings (SSSR count). The summed E-state index contributed by atoms with van der Waals surface area (Å²) in [5.74, 6) is 6.61. The van der Waals surface area contributed by atoms with Gasteiger partial charge in [-0.15, -0.1) is 94.1 Å². The number of aromatic amines is 2. The summed E-state index contributed by atoms with van der Waals surface area (Å²) in [5, 5.41) is 18.6. The zero-order valence-electron chi connectivity index (χ0n) is 52.6. The summed E-state index contributed by atoms with van der Waals surface area (Å²) in [7, 11) is 0. The van der Waals surface area contributed by atoms with Crippen LogP contribution in [0.5, 0.6) is 0 Å². The van der Waals surface area contributed by atoms with E-state index in [0.29, 0.717) is 132 Å². The first kappa shape index (κ1) is 73.8. The number of aliphatic hydroxyl groups is 2. The zero-order valence-corrected chi connectivity index (χ0v) is 59.1. The molecular weight excluding hydrogens is 1280 g/mol. The van der Waals surface area contributed by atoms with E-state index in [1.54, 1.807) is 0 Å². The molecule has 4 N–H and O–H groups in total. The monoisotopic (exact) mass is 1380 g/mol. The van der Waals surface area contributed by atoms with Crippen LogP contribution in [0.3, 0.4) is 0 Å². The molecular formula is C66H100N4O11S8. The van der Waals surface area contributed by atoms with Gasteiger partial charge < -0.3 is 62.8 Å². The van der Waals surface area contributed by atoms with Crippen LogP contribution in [0.2, 0.25) is 0 Å². The fourth-order valence-corrected chi connectivity index (χ4v) is 19.4. The summed E-state index contributed by atoms with van der Waals surface area (Å²) >= 11 is 15.0. The van der Waals surface area contributed by atoms with Gasteiger partial charge in [0.25, 0.3) is 0 Å². The molecule has 0 unspecified atom stereocenters. The van der Waals surface area contributed by atoms with Crippen molar-refractivity contribution < 1.29 is 52.8 Å². The second-order valence-corrected chi connectivity index (χ2v) is 30.8. The number of H-pyrrole nitrogens is 2. The normalized spacial score (nSPS) is 18.6. The Hall–Kier alpha value is -1.04. The molecule has 23 heteroatoms. The molecule has 0 fully saturated rings. The number of fused-ring (bicyclic) bond motifs is 16. The molecule has 0 aromatic carbocycles.